The average Bonchev–Trinajstić information content (AvgIpc) is 2.59. The van der Waals surface area contributed by atoms with E-state index in [1.54, 1.807) is 0 Å². The van der Waals surface area contributed by atoms with Crippen molar-refractivity contribution >= 4 is 6.03 Å². The molecule has 5 heteroatoms. The van der Waals surface area contributed by atoms with Gasteiger partial charge in [-0.25, -0.2) is 4.79 Å². The van der Waals surface area contributed by atoms with Gasteiger partial charge in [-0.15, -0.1) is 0 Å². The van der Waals surface area contributed by atoms with Crippen molar-refractivity contribution < 1.29 is 4.79 Å². The smallest absolute Gasteiger partial charge is 0.317 e. The van der Waals surface area contributed by atoms with Crippen molar-refractivity contribution in [3.05, 3.63) is 0 Å². The third kappa shape index (κ3) is 4.85. The van der Waals surface area contributed by atoms with Crippen molar-refractivity contribution in [2.45, 2.75) is 64.0 Å². The van der Waals surface area contributed by atoms with Gasteiger partial charge in [-0.05, 0) is 45.6 Å². The van der Waals surface area contributed by atoms with Gasteiger partial charge in [-0.1, -0.05) is 19.3 Å². The van der Waals surface area contributed by atoms with E-state index in [0.29, 0.717) is 12.1 Å². The highest BCUT2D eigenvalue weighted by atomic mass is 16.2. The summed E-state index contributed by atoms with van der Waals surface area (Å²) in [7, 11) is 2.22. The van der Waals surface area contributed by atoms with Crippen molar-refractivity contribution in [2.75, 3.05) is 46.3 Å². The molecule has 3 rings (SSSR count). The zero-order valence-electron chi connectivity index (χ0n) is 15.7. The molecule has 0 aromatic heterocycles. The third-order valence-corrected chi connectivity index (χ3v) is 6.30. The second-order valence-electron chi connectivity index (χ2n) is 8.32. The quantitative estimate of drug-likeness (QED) is 0.860. The molecule has 2 heterocycles. The maximum atomic E-state index is 12.5. The fraction of sp³-hybridized carbons (Fsp3) is 0.947. The van der Waals surface area contributed by atoms with Gasteiger partial charge in [0, 0.05) is 51.4 Å². The number of urea groups is 1. The molecule has 3 fully saturated rings. The van der Waals surface area contributed by atoms with E-state index in [0.717, 1.165) is 31.8 Å². The Morgan fingerprint density at radius 1 is 1.00 bits per heavy atom. The number of likely N-dealkylation sites (N-methyl/N-ethyl adjacent to an activating group) is 1. The fourth-order valence-corrected chi connectivity index (χ4v) is 4.61. The van der Waals surface area contributed by atoms with E-state index in [-0.39, 0.29) is 6.03 Å². The molecule has 0 unspecified atom stereocenters. The average molecular weight is 337 g/mol. The molecular weight excluding hydrogens is 300 g/mol. The molecule has 1 N–H and O–H groups in total. The maximum absolute atomic E-state index is 12.5. The standard InChI is InChI=1S/C19H36N4O/c1-16-14-21(2)12-13-23(16)15-17-8-10-22(11-9-17)19(24)20-18-6-4-3-5-7-18/h16-18H,3-15H2,1-2H3,(H,20,24)/t16-/m0/s1. The normalized spacial score (nSPS) is 28.9. The summed E-state index contributed by atoms with van der Waals surface area (Å²) in [6, 6.07) is 1.28. The highest BCUT2D eigenvalue weighted by molar-refractivity contribution is 5.74. The maximum Gasteiger partial charge on any atom is 0.317 e. The van der Waals surface area contributed by atoms with Gasteiger partial charge in [0.1, 0.15) is 0 Å². The molecule has 138 valence electrons. The van der Waals surface area contributed by atoms with E-state index in [2.05, 4.69) is 34.0 Å². The Morgan fingerprint density at radius 3 is 2.38 bits per heavy atom. The number of nitrogens with zero attached hydrogens (tertiary/aromatic N) is 3. The van der Waals surface area contributed by atoms with Crippen LogP contribution in [-0.4, -0.2) is 79.1 Å². The second-order valence-corrected chi connectivity index (χ2v) is 8.32. The van der Waals surface area contributed by atoms with Crippen LogP contribution in [0.3, 0.4) is 0 Å². The van der Waals surface area contributed by atoms with E-state index in [4.69, 9.17) is 0 Å². The molecule has 3 aliphatic rings. The van der Waals surface area contributed by atoms with Crippen LogP contribution in [-0.2, 0) is 0 Å². The molecule has 0 bridgehead atoms. The van der Waals surface area contributed by atoms with Crippen molar-refractivity contribution in [1.82, 2.24) is 20.0 Å². The van der Waals surface area contributed by atoms with Crippen LogP contribution in [0.4, 0.5) is 4.79 Å². The molecule has 0 aromatic rings. The van der Waals surface area contributed by atoms with Crippen LogP contribution in [0.1, 0.15) is 51.9 Å². The number of hydrogen-bond acceptors (Lipinski definition) is 3. The Labute approximate surface area is 147 Å². The summed E-state index contributed by atoms with van der Waals surface area (Å²) in [5.74, 6) is 0.759. The van der Waals surface area contributed by atoms with Gasteiger partial charge < -0.3 is 15.1 Å². The molecule has 0 radical (unpaired) electrons. The lowest BCUT2D eigenvalue weighted by Crippen LogP contribution is -2.53. The zero-order valence-corrected chi connectivity index (χ0v) is 15.7. The van der Waals surface area contributed by atoms with Crippen LogP contribution in [0, 0.1) is 5.92 Å². The molecule has 24 heavy (non-hydrogen) atoms. The Balaban J connectivity index is 1.38. The second kappa shape index (κ2) is 8.52. The minimum absolute atomic E-state index is 0.188. The Kier molecular flexibility index (Phi) is 6.39. The molecule has 0 aromatic carbocycles. The van der Waals surface area contributed by atoms with Crippen LogP contribution >= 0.6 is 0 Å². The van der Waals surface area contributed by atoms with Crippen molar-refractivity contribution in [2.24, 2.45) is 5.92 Å². The van der Waals surface area contributed by atoms with Crippen LogP contribution in [0.5, 0.6) is 0 Å². The fourth-order valence-electron chi connectivity index (χ4n) is 4.61. The van der Waals surface area contributed by atoms with Crippen molar-refractivity contribution in [3.63, 3.8) is 0 Å². The van der Waals surface area contributed by atoms with E-state index in [1.807, 2.05) is 0 Å². The number of nitrogens with one attached hydrogen (secondary N) is 1. The summed E-state index contributed by atoms with van der Waals surface area (Å²) in [4.78, 5) is 19.6. The third-order valence-electron chi connectivity index (χ3n) is 6.30. The van der Waals surface area contributed by atoms with Crippen LogP contribution in [0.25, 0.3) is 0 Å². The number of rotatable bonds is 3. The first-order valence-corrected chi connectivity index (χ1v) is 10.1. The number of piperazine rings is 1. The molecule has 5 nitrogen and oxygen atoms in total. The van der Waals surface area contributed by atoms with Gasteiger partial charge in [0.15, 0.2) is 0 Å². The molecule has 1 aliphatic carbocycles. The largest absolute Gasteiger partial charge is 0.335 e. The van der Waals surface area contributed by atoms with Gasteiger partial charge in [-0.2, -0.15) is 0 Å². The number of carbonyl (C=O) groups is 1. The van der Waals surface area contributed by atoms with Gasteiger partial charge in [0.05, 0.1) is 0 Å². The molecule has 2 amide bonds. The van der Waals surface area contributed by atoms with Crippen LogP contribution < -0.4 is 5.32 Å². The Morgan fingerprint density at radius 2 is 1.71 bits per heavy atom. The predicted molar refractivity (Wildman–Crippen MR) is 98.2 cm³/mol. The summed E-state index contributed by atoms with van der Waals surface area (Å²) in [6.07, 6.45) is 8.55. The number of amides is 2. The van der Waals surface area contributed by atoms with E-state index in [1.165, 1.54) is 58.3 Å². The van der Waals surface area contributed by atoms with E-state index < -0.39 is 0 Å². The highest BCUT2D eigenvalue weighted by Crippen LogP contribution is 2.22. The summed E-state index contributed by atoms with van der Waals surface area (Å²) < 4.78 is 0. The molecule has 1 saturated carbocycles. The molecule has 0 spiro atoms. The first-order chi connectivity index (χ1) is 11.6. The van der Waals surface area contributed by atoms with Crippen LogP contribution in [0.2, 0.25) is 0 Å². The van der Waals surface area contributed by atoms with Gasteiger partial charge in [0.2, 0.25) is 0 Å². The van der Waals surface area contributed by atoms with E-state index in [9.17, 15) is 4.79 Å². The van der Waals surface area contributed by atoms with Crippen LogP contribution in [0.15, 0.2) is 0 Å². The number of piperidine rings is 1. The topological polar surface area (TPSA) is 38.8 Å². The molecular formula is C19H36N4O. The highest BCUT2D eigenvalue weighted by Gasteiger charge is 2.28. The first-order valence-electron chi connectivity index (χ1n) is 10.1. The molecule has 1 atom stereocenters. The molecule has 2 aliphatic heterocycles. The van der Waals surface area contributed by atoms with Gasteiger partial charge >= 0.3 is 6.03 Å². The van der Waals surface area contributed by atoms with Gasteiger partial charge in [-0.3, -0.25) is 4.90 Å². The predicted octanol–water partition coefficient (Wildman–Crippen LogP) is 2.38. The monoisotopic (exact) mass is 336 g/mol. The number of likely N-dealkylation sites (tertiary alicyclic amines) is 1. The summed E-state index contributed by atoms with van der Waals surface area (Å²) in [5, 5.41) is 3.27. The van der Waals surface area contributed by atoms with Gasteiger partial charge in [0.25, 0.3) is 0 Å². The van der Waals surface area contributed by atoms with E-state index >= 15 is 0 Å². The Hall–Kier alpha value is -0.810. The molecule has 2 saturated heterocycles. The summed E-state index contributed by atoms with van der Waals surface area (Å²) >= 11 is 0. The zero-order chi connectivity index (χ0) is 16.9. The Bertz CT molecular complexity index is 402. The minimum atomic E-state index is 0.188. The minimum Gasteiger partial charge on any atom is -0.335 e. The summed E-state index contributed by atoms with van der Waals surface area (Å²) in [6.45, 7) is 9.00. The summed E-state index contributed by atoms with van der Waals surface area (Å²) in [5.41, 5.74) is 0. The lowest BCUT2D eigenvalue weighted by atomic mass is 9.94. The van der Waals surface area contributed by atoms with Crippen molar-refractivity contribution in [1.29, 1.82) is 0 Å². The van der Waals surface area contributed by atoms with Crippen molar-refractivity contribution in [3.8, 4) is 0 Å². The SMILES string of the molecule is C[C@H]1CN(C)CCN1CC1CCN(C(=O)NC2CCCCC2)CC1. The number of hydrogen-bond donors (Lipinski definition) is 1. The lowest BCUT2D eigenvalue weighted by molar-refractivity contribution is 0.0709. The number of carbonyl (C=O) groups excluding carboxylic acids is 1. The lowest BCUT2D eigenvalue weighted by Gasteiger charge is -2.41. The first kappa shape index (κ1) is 18.0.